The van der Waals surface area contributed by atoms with Crippen molar-refractivity contribution in [3.63, 3.8) is 0 Å². The zero-order valence-corrected chi connectivity index (χ0v) is 11.1. The molecule has 3 nitrogen and oxygen atoms in total. The summed E-state index contributed by atoms with van der Waals surface area (Å²) in [5.41, 5.74) is 0. The molecule has 1 rings (SSSR count). The highest BCUT2D eigenvalue weighted by Crippen LogP contribution is 2.18. The zero-order chi connectivity index (χ0) is 12.2. The number of rotatable bonds is 5. The molecule has 0 aliphatic heterocycles. The number of benzene rings is 1. The molecule has 0 N–H and O–H groups in total. The van der Waals surface area contributed by atoms with Crippen LogP contribution >= 0.6 is 12.6 Å². The van der Waals surface area contributed by atoms with Gasteiger partial charge in [0.25, 0.3) is 0 Å². The summed E-state index contributed by atoms with van der Waals surface area (Å²) in [4.78, 5) is 0.281. The number of hydrogen-bond donors (Lipinski definition) is 1. The van der Waals surface area contributed by atoms with Gasteiger partial charge in [-0.25, -0.2) is 8.42 Å². The summed E-state index contributed by atoms with van der Waals surface area (Å²) in [6.45, 7) is 2.56. The summed E-state index contributed by atoms with van der Waals surface area (Å²) < 4.78 is 28.1. The van der Waals surface area contributed by atoms with Gasteiger partial charge in [-0.2, -0.15) is 12.6 Å². The lowest BCUT2D eigenvalue weighted by molar-refractivity contribution is 0.273. The Morgan fingerprint density at radius 1 is 1.44 bits per heavy atom. The van der Waals surface area contributed by atoms with E-state index in [2.05, 4.69) is 12.6 Å². The van der Waals surface area contributed by atoms with E-state index in [4.69, 9.17) is 4.74 Å². The van der Waals surface area contributed by atoms with Gasteiger partial charge in [0.1, 0.15) is 5.75 Å². The number of hydrogen-bond acceptors (Lipinski definition) is 4. The van der Waals surface area contributed by atoms with Gasteiger partial charge in [0.2, 0.25) is 0 Å². The van der Waals surface area contributed by atoms with Crippen LogP contribution in [-0.2, 0) is 9.84 Å². The normalized spacial score (nSPS) is 13.4. The lowest BCUT2D eigenvalue weighted by Gasteiger charge is -2.11. The van der Waals surface area contributed by atoms with E-state index in [0.29, 0.717) is 18.3 Å². The van der Waals surface area contributed by atoms with Gasteiger partial charge in [-0.3, -0.25) is 0 Å². The molecule has 0 fully saturated rings. The van der Waals surface area contributed by atoms with E-state index in [0.717, 1.165) is 5.75 Å². The van der Waals surface area contributed by atoms with Crippen molar-refractivity contribution in [3.05, 3.63) is 24.3 Å². The van der Waals surface area contributed by atoms with Crippen LogP contribution in [0.25, 0.3) is 0 Å². The van der Waals surface area contributed by atoms with Crippen molar-refractivity contribution in [1.82, 2.24) is 0 Å². The molecule has 0 spiro atoms. The Morgan fingerprint density at radius 3 is 2.69 bits per heavy atom. The van der Waals surface area contributed by atoms with E-state index in [1.807, 2.05) is 6.92 Å². The Labute approximate surface area is 102 Å². The van der Waals surface area contributed by atoms with Gasteiger partial charge in [-0.15, -0.1) is 0 Å². The van der Waals surface area contributed by atoms with Gasteiger partial charge in [-0.05, 0) is 29.9 Å². The molecule has 0 radical (unpaired) electrons. The molecule has 5 heteroatoms. The maximum atomic E-state index is 11.3. The number of sulfone groups is 1. The van der Waals surface area contributed by atoms with Crippen LogP contribution in [-0.4, -0.2) is 27.0 Å². The molecular weight excluding hydrogens is 244 g/mol. The predicted molar refractivity (Wildman–Crippen MR) is 68.1 cm³/mol. The van der Waals surface area contributed by atoms with E-state index in [1.165, 1.54) is 6.26 Å². The molecule has 0 bridgehead atoms. The van der Waals surface area contributed by atoms with Gasteiger partial charge < -0.3 is 4.74 Å². The first-order valence-corrected chi connectivity index (χ1v) is 7.49. The molecule has 0 saturated heterocycles. The Hall–Kier alpha value is -0.680. The van der Waals surface area contributed by atoms with Crippen LogP contribution in [0.5, 0.6) is 5.75 Å². The third-order valence-corrected chi connectivity index (χ3v) is 3.81. The maximum Gasteiger partial charge on any atom is 0.175 e. The average Bonchev–Trinajstić information content (AvgIpc) is 2.25. The molecule has 0 amide bonds. The summed E-state index contributed by atoms with van der Waals surface area (Å²) in [7, 11) is -3.16. The summed E-state index contributed by atoms with van der Waals surface area (Å²) in [6, 6.07) is 6.53. The fourth-order valence-electron chi connectivity index (χ4n) is 1.09. The second-order valence-electron chi connectivity index (χ2n) is 3.85. The van der Waals surface area contributed by atoms with Crippen molar-refractivity contribution in [2.24, 2.45) is 5.92 Å². The van der Waals surface area contributed by atoms with Crippen LogP contribution < -0.4 is 4.74 Å². The SMILES string of the molecule is CC(CS)COc1cccc(S(C)(=O)=O)c1. The molecule has 1 aromatic rings. The van der Waals surface area contributed by atoms with Crippen LogP contribution in [0.4, 0.5) is 0 Å². The Balaban J connectivity index is 2.76. The van der Waals surface area contributed by atoms with Crippen LogP contribution in [0, 0.1) is 5.92 Å². The van der Waals surface area contributed by atoms with Crippen LogP contribution in [0.2, 0.25) is 0 Å². The average molecular weight is 260 g/mol. The standard InChI is InChI=1S/C11H16O3S2/c1-9(8-15)7-14-10-4-3-5-11(6-10)16(2,12)13/h3-6,9,15H,7-8H2,1-2H3. The highest BCUT2D eigenvalue weighted by molar-refractivity contribution is 7.90. The summed E-state index contributed by atoms with van der Waals surface area (Å²) in [5.74, 6) is 1.66. The Morgan fingerprint density at radius 2 is 2.12 bits per heavy atom. The summed E-state index contributed by atoms with van der Waals surface area (Å²) in [6.07, 6.45) is 1.18. The molecule has 0 saturated carbocycles. The van der Waals surface area contributed by atoms with Crippen molar-refractivity contribution in [3.8, 4) is 5.75 Å². The second-order valence-corrected chi connectivity index (χ2v) is 6.23. The van der Waals surface area contributed by atoms with Crippen LogP contribution in [0.1, 0.15) is 6.92 Å². The second kappa shape index (κ2) is 5.59. The van der Waals surface area contributed by atoms with Crippen LogP contribution in [0.3, 0.4) is 0 Å². The molecule has 0 aromatic heterocycles. The molecule has 1 unspecified atom stereocenters. The van der Waals surface area contributed by atoms with Gasteiger partial charge in [0, 0.05) is 6.26 Å². The van der Waals surface area contributed by atoms with Crippen molar-refractivity contribution >= 4 is 22.5 Å². The third-order valence-electron chi connectivity index (χ3n) is 2.08. The van der Waals surface area contributed by atoms with Gasteiger partial charge in [-0.1, -0.05) is 13.0 Å². The minimum atomic E-state index is -3.16. The first-order chi connectivity index (χ1) is 7.43. The van der Waals surface area contributed by atoms with E-state index >= 15 is 0 Å². The minimum Gasteiger partial charge on any atom is -0.493 e. The Bertz CT molecular complexity index is 440. The van der Waals surface area contributed by atoms with Crippen LogP contribution in [0.15, 0.2) is 29.2 Å². The molecule has 0 heterocycles. The smallest absolute Gasteiger partial charge is 0.175 e. The highest BCUT2D eigenvalue weighted by atomic mass is 32.2. The Kier molecular flexibility index (Phi) is 4.68. The molecule has 1 aromatic carbocycles. The van der Waals surface area contributed by atoms with Crippen molar-refractivity contribution in [2.75, 3.05) is 18.6 Å². The minimum absolute atomic E-state index is 0.281. The fourth-order valence-corrected chi connectivity index (χ4v) is 1.85. The first kappa shape index (κ1) is 13.4. The van der Waals surface area contributed by atoms with E-state index < -0.39 is 9.84 Å². The van der Waals surface area contributed by atoms with Crippen molar-refractivity contribution < 1.29 is 13.2 Å². The molecule has 0 aliphatic carbocycles. The maximum absolute atomic E-state index is 11.3. The quantitative estimate of drug-likeness (QED) is 0.824. The number of thiol groups is 1. The van der Waals surface area contributed by atoms with Crippen molar-refractivity contribution in [1.29, 1.82) is 0 Å². The first-order valence-electron chi connectivity index (χ1n) is 4.97. The molecule has 16 heavy (non-hydrogen) atoms. The van der Waals surface area contributed by atoms with E-state index in [1.54, 1.807) is 24.3 Å². The molecular formula is C11H16O3S2. The molecule has 0 aliphatic rings. The van der Waals surface area contributed by atoms with E-state index in [-0.39, 0.29) is 4.90 Å². The predicted octanol–water partition coefficient (Wildman–Crippen LogP) is 2.03. The molecule has 1 atom stereocenters. The fraction of sp³-hybridized carbons (Fsp3) is 0.455. The third kappa shape index (κ3) is 4.06. The molecule has 90 valence electrons. The summed E-state index contributed by atoms with van der Waals surface area (Å²) in [5, 5.41) is 0. The zero-order valence-electron chi connectivity index (χ0n) is 9.38. The van der Waals surface area contributed by atoms with Crippen molar-refractivity contribution in [2.45, 2.75) is 11.8 Å². The van der Waals surface area contributed by atoms with Gasteiger partial charge in [0.15, 0.2) is 9.84 Å². The largest absolute Gasteiger partial charge is 0.493 e. The topological polar surface area (TPSA) is 43.4 Å². The monoisotopic (exact) mass is 260 g/mol. The lowest BCUT2D eigenvalue weighted by Crippen LogP contribution is -2.10. The lowest BCUT2D eigenvalue weighted by atomic mass is 10.2. The van der Waals surface area contributed by atoms with Gasteiger partial charge >= 0.3 is 0 Å². The summed E-state index contributed by atoms with van der Waals surface area (Å²) >= 11 is 4.15. The van der Waals surface area contributed by atoms with E-state index in [9.17, 15) is 8.42 Å². The van der Waals surface area contributed by atoms with Gasteiger partial charge in [0.05, 0.1) is 11.5 Å². The highest BCUT2D eigenvalue weighted by Gasteiger charge is 2.08. The number of ether oxygens (including phenoxy) is 1.